The number of rotatable bonds is 14. The van der Waals surface area contributed by atoms with Crippen LogP contribution in [0.15, 0.2) is 29.1 Å². The molecule has 2 amide bonds. The Morgan fingerprint density at radius 3 is 2.38 bits per heavy atom. The van der Waals surface area contributed by atoms with Crippen LogP contribution < -0.4 is 35.6 Å². The fourth-order valence-electron chi connectivity index (χ4n) is 6.96. The third-order valence-corrected chi connectivity index (χ3v) is 9.89. The number of carbonyl (C=O) groups excluding carboxylic acids is 2. The van der Waals surface area contributed by atoms with Gasteiger partial charge >= 0.3 is 5.97 Å². The molecule has 1 saturated carbocycles. The quantitative estimate of drug-likeness (QED) is 0.218. The molecule has 12 heteroatoms. The molecule has 4 rings (SSSR count). The molecule has 2 atom stereocenters. The maximum absolute atomic E-state index is 13.9. The molecule has 0 bridgehead atoms. The fourth-order valence-corrected chi connectivity index (χ4v) is 7.43. The average molecular weight is 670 g/mol. The van der Waals surface area contributed by atoms with E-state index in [1.807, 2.05) is 18.4 Å². The van der Waals surface area contributed by atoms with Gasteiger partial charge in [0.2, 0.25) is 23.0 Å². The normalized spacial score (nSPS) is 17.2. The molecule has 0 heterocycles. The number of ether oxygens (including phenoxy) is 3. The highest BCUT2D eigenvalue weighted by atomic mass is 32.2. The van der Waals surface area contributed by atoms with Crippen molar-refractivity contribution >= 4 is 35.2 Å². The van der Waals surface area contributed by atoms with Crippen molar-refractivity contribution in [3.63, 3.8) is 0 Å². The van der Waals surface area contributed by atoms with Crippen LogP contribution in [0.2, 0.25) is 0 Å². The fraction of sp³-hybridized carbons (Fsp3) is 0.543. The largest absolute Gasteiger partial charge is 0.493 e. The molecule has 0 saturated heterocycles. The van der Waals surface area contributed by atoms with Gasteiger partial charge in [0.15, 0.2) is 11.5 Å². The van der Waals surface area contributed by atoms with Gasteiger partial charge < -0.3 is 35.3 Å². The lowest BCUT2D eigenvalue weighted by molar-refractivity contribution is -0.140. The smallest absolute Gasteiger partial charge is 0.303 e. The van der Waals surface area contributed by atoms with E-state index in [1.165, 1.54) is 20.1 Å². The first-order chi connectivity index (χ1) is 22.6. The van der Waals surface area contributed by atoms with E-state index in [4.69, 9.17) is 14.2 Å². The van der Waals surface area contributed by atoms with E-state index in [9.17, 15) is 24.3 Å². The number of benzene rings is 1. The van der Waals surface area contributed by atoms with Crippen molar-refractivity contribution in [3.8, 4) is 28.4 Å². The predicted octanol–water partition coefficient (Wildman–Crippen LogP) is 4.94. The van der Waals surface area contributed by atoms with Gasteiger partial charge in [0.05, 0.1) is 39.5 Å². The van der Waals surface area contributed by atoms with E-state index in [2.05, 4.69) is 16.0 Å². The Morgan fingerprint density at radius 1 is 1.04 bits per heavy atom. The number of anilines is 1. The number of thioether (sulfide) groups is 1. The van der Waals surface area contributed by atoms with Crippen molar-refractivity contribution in [2.45, 2.75) is 76.8 Å². The van der Waals surface area contributed by atoms with Crippen molar-refractivity contribution in [2.75, 3.05) is 45.2 Å². The van der Waals surface area contributed by atoms with Crippen LogP contribution in [-0.4, -0.2) is 68.8 Å². The van der Waals surface area contributed by atoms with Crippen LogP contribution in [-0.2, 0) is 20.8 Å². The maximum atomic E-state index is 13.9. The summed E-state index contributed by atoms with van der Waals surface area (Å²) in [5, 5.41) is 18.8. The Bertz CT molecular complexity index is 1530. The molecule has 0 aliphatic heterocycles. The molecule has 2 aliphatic rings. The molecule has 4 N–H and O–H groups in total. The number of amides is 2. The second kappa shape index (κ2) is 16.3. The first-order valence-corrected chi connectivity index (χ1v) is 17.5. The number of fused-ring (bicyclic) bond motifs is 3. The maximum Gasteiger partial charge on any atom is 0.303 e. The van der Waals surface area contributed by atoms with Crippen molar-refractivity contribution in [2.24, 2.45) is 5.41 Å². The predicted molar refractivity (Wildman–Crippen MR) is 184 cm³/mol. The molecule has 1 fully saturated rings. The molecule has 2 aromatic carbocycles. The van der Waals surface area contributed by atoms with Crippen molar-refractivity contribution in [3.05, 3.63) is 45.6 Å². The molecular formula is C35H47N3O8S. The molecule has 0 aromatic heterocycles. The molecular weight excluding hydrogens is 622 g/mol. The Labute approximate surface area is 280 Å². The third-order valence-electron chi connectivity index (χ3n) is 9.25. The zero-order valence-electron chi connectivity index (χ0n) is 28.0. The number of hydrogen-bond donors (Lipinski definition) is 4. The summed E-state index contributed by atoms with van der Waals surface area (Å²) in [6.07, 6.45) is 7.98. The number of carboxylic acids is 1. The number of aryl methyl sites for hydroxylation is 1. The van der Waals surface area contributed by atoms with Crippen LogP contribution in [0.4, 0.5) is 5.69 Å². The molecule has 0 radical (unpaired) electrons. The Morgan fingerprint density at radius 2 is 1.77 bits per heavy atom. The molecule has 47 heavy (non-hydrogen) atoms. The van der Waals surface area contributed by atoms with Crippen LogP contribution >= 0.6 is 11.8 Å². The van der Waals surface area contributed by atoms with E-state index in [-0.39, 0.29) is 35.9 Å². The zero-order valence-corrected chi connectivity index (χ0v) is 28.8. The second-order valence-corrected chi connectivity index (χ2v) is 13.4. The number of carboxylic acid groups (broad SMARTS) is 1. The van der Waals surface area contributed by atoms with Crippen molar-refractivity contribution in [1.29, 1.82) is 0 Å². The molecule has 0 spiro atoms. The topological polar surface area (TPSA) is 152 Å². The number of carbonyl (C=O) groups is 3. The summed E-state index contributed by atoms with van der Waals surface area (Å²) >= 11 is 1.59. The zero-order chi connectivity index (χ0) is 34.1. The lowest BCUT2D eigenvalue weighted by atomic mass is 9.71. The summed E-state index contributed by atoms with van der Waals surface area (Å²) in [5.74, 6) is 0.688. The minimum Gasteiger partial charge on any atom is -0.493 e. The minimum absolute atomic E-state index is 0.0119. The van der Waals surface area contributed by atoms with Crippen LogP contribution in [0, 0.1) is 5.41 Å². The number of methoxy groups -OCH3 is 3. The van der Waals surface area contributed by atoms with Crippen LogP contribution in [0.1, 0.15) is 75.5 Å². The van der Waals surface area contributed by atoms with E-state index >= 15 is 0 Å². The summed E-state index contributed by atoms with van der Waals surface area (Å²) in [6, 6.07) is 5.73. The summed E-state index contributed by atoms with van der Waals surface area (Å²) in [6.45, 7) is 1.72. The highest BCUT2D eigenvalue weighted by Crippen LogP contribution is 2.50. The SMILES string of the molecule is COc1cc2c(c(OC)c1OC)-c1ccc(NC(CCSC)C(=O)NCC3(CC(=O)O)CCCCC3)c(=O)cc1C(NC(C)=O)CC2. The second-order valence-electron chi connectivity index (χ2n) is 12.4. The molecule has 2 aliphatic carbocycles. The lowest BCUT2D eigenvalue weighted by Gasteiger charge is -2.36. The van der Waals surface area contributed by atoms with Gasteiger partial charge in [0.1, 0.15) is 6.04 Å². The van der Waals surface area contributed by atoms with Gasteiger partial charge in [-0.05, 0) is 84.4 Å². The van der Waals surface area contributed by atoms with Crippen LogP contribution in [0.25, 0.3) is 11.1 Å². The van der Waals surface area contributed by atoms with E-state index < -0.39 is 23.5 Å². The summed E-state index contributed by atoms with van der Waals surface area (Å²) in [4.78, 5) is 51.5. The van der Waals surface area contributed by atoms with E-state index in [1.54, 1.807) is 32.0 Å². The summed E-state index contributed by atoms with van der Waals surface area (Å²) in [5.41, 5.74) is 2.40. The Hall–Kier alpha value is -3.93. The van der Waals surface area contributed by atoms with Gasteiger partial charge in [0, 0.05) is 19.0 Å². The number of aliphatic carboxylic acids is 1. The Balaban J connectivity index is 1.75. The third kappa shape index (κ3) is 8.51. The highest BCUT2D eigenvalue weighted by Gasteiger charge is 2.36. The van der Waals surface area contributed by atoms with Gasteiger partial charge in [-0.15, -0.1) is 0 Å². The molecule has 11 nitrogen and oxygen atoms in total. The van der Waals surface area contributed by atoms with Gasteiger partial charge in [0.25, 0.3) is 0 Å². The monoisotopic (exact) mass is 669 g/mol. The first-order valence-electron chi connectivity index (χ1n) is 16.1. The van der Waals surface area contributed by atoms with Gasteiger partial charge in [-0.25, -0.2) is 0 Å². The summed E-state index contributed by atoms with van der Waals surface area (Å²) < 4.78 is 17.1. The average Bonchev–Trinajstić information content (AvgIpc) is 3.29. The minimum atomic E-state index is -0.863. The van der Waals surface area contributed by atoms with Gasteiger partial charge in [-0.1, -0.05) is 25.3 Å². The van der Waals surface area contributed by atoms with Crippen molar-refractivity contribution < 1.29 is 33.7 Å². The standard InChI is InChI=1S/C35H47N3O8S/c1-21(39)37-25-11-9-22-17-29(44-2)32(45-3)33(46-4)31(22)23-10-12-26(28(40)18-24(23)25)38-27(13-16-47-5)34(43)36-20-35(19-30(41)42)14-7-6-8-15-35/h10,12,17-18,25,27H,6-9,11,13-16,19-20H2,1-5H3,(H,36,43)(H,37,39)(H,38,40)(H,41,42). The summed E-state index contributed by atoms with van der Waals surface area (Å²) in [7, 11) is 4.64. The lowest BCUT2D eigenvalue weighted by Crippen LogP contribution is -2.46. The van der Waals surface area contributed by atoms with Crippen LogP contribution in [0.5, 0.6) is 17.2 Å². The molecule has 2 unspecified atom stereocenters. The van der Waals surface area contributed by atoms with Crippen LogP contribution in [0.3, 0.4) is 0 Å². The Kier molecular flexibility index (Phi) is 12.4. The highest BCUT2D eigenvalue weighted by molar-refractivity contribution is 7.98. The molecule has 256 valence electrons. The number of hydrogen-bond acceptors (Lipinski definition) is 9. The first kappa shape index (κ1) is 35.9. The van der Waals surface area contributed by atoms with Gasteiger partial charge in [-0.2, -0.15) is 11.8 Å². The molecule has 2 aromatic rings. The number of nitrogens with one attached hydrogen (secondary N) is 3. The van der Waals surface area contributed by atoms with E-state index in [0.717, 1.165) is 43.2 Å². The van der Waals surface area contributed by atoms with E-state index in [0.29, 0.717) is 53.4 Å². The van der Waals surface area contributed by atoms with Gasteiger partial charge in [-0.3, -0.25) is 19.2 Å². The van der Waals surface area contributed by atoms with Crippen molar-refractivity contribution in [1.82, 2.24) is 10.6 Å².